The molecule has 0 spiro atoms. The Kier molecular flexibility index (Phi) is 8.33. The van der Waals surface area contributed by atoms with Crippen molar-refractivity contribution >= 4 is 40.3 Å². The number of ether oxygens (including phenoxy) is 3. The van der Waals surface area contributed by atoms with Gasteiger partial charge in [-0.2, -0.15) is 10.1 Å². The first kappa shape index (κ1) is 22.3. The van der Waals surface area contributed by atoms with Crippen molar-refractivity contribution in [1.29, 1.82) is 0 Å². The number of hydrazone groups is 1. The molecular formula is C22H28IN5O3. The fourth-order valence-electron chi connectivity index (χ4n) is 3.49. The molecule has 0 aliphatic carbocycles. The first-order valence-electron chi connectivity index (χ1n) is 10.6. The van der Waals surface area contributed by atoms with E-state index >= 15 is 0 Å². The smallest absolute Gasteiger partial charge is 0.217 e. The Morgan fingerprint density at radius 1 is 1.06 bits per heavy atom. The van der Waals surface area contributed by atoms with E-state index in [9.17, 15) is 0 Å². The standard InChI is InChI=1S/C22H28IN5O3/c23-19-3-1-2-18(14-19)17-24-26-21-15-20(28-7-11-30-12-8-28)16-22(25-21)31-13-6-27-4-9-29-10-5-27/h1-3,14-17H,4-13H2,(H,25,26)/b24-17+. The topological polar surface area (TPSA) is 71.5 Å². The van der Waals surface area contributed by atoms with Gasteiger partial charge < -0.3 is 19.1 Å². The van der Waals surface area contributed by atoms with E-state index in [1.165, 1.54) is 3.57 Å². The molecule has 2 aliphatic rings. The molecule has 31 heavy (non-hydrogen) atoms. The molecule has 1 N–H and O–H groups in total. The quantitative estimate of drug-likeness (QED) is 0.316. The zero-order valence-corrected chi connectivity index (χ0v) is 19.7. The van der Waals surface area contributed by atoms with Crippen molar-refractivity contribution in [2.45, 2.75) is 0 Å². The van der Waals surface area contributed by atoms with Crippen LogP contribution in [-0.4, -0.2) is 81.9 Å². The van der Waals surface area contributed by atoms with Crippen LogP contribution in [0.1, 0.15) is 5.56 Å². The normalized spacial score (nSPS) is 17.8. The molecule has 166 valence electrons. The summed E-state index contributed by atoms with van der Waals surface area (Å²) in [6.07, 6.45) is 1.80. The van der Waals surface area contributed by atoms with E-state index < -0.39 is 0 Å². The zero-order valence-electron chi connectivity index (χ0n) is 17.5. The summed E-state index contributed by atoms with van der Waals surface area (Å²) in [6.45, 7) is 8.08. The molecule has 2 saturated heterocycles. The molecule has 4 rings (SSSR count). The Balaban J connectivity index is 1.43. The third-order valence-electron chi connectivity index (χ3n) is 5.17. The maximum atomic E-state index is 6.02. The zero-order chi connectivity index (χ0) is 21.3. The second-order valence-electron chi connectivity index (χ2n) is 7.38. The van der Waals surface area contributed by atoms with Gasteiger partial charge in [-0.25, -0.2) is 0 Å². The number of benzene rings is 1. The average Bonchev–Trinajstić information content (AvgIpc) is 2.80. The summed E-state index contributed by atoms with van der Waals surface area (Å²) in [4.78, 5) is 9.24. The van der Waals surface area contributed by atoms with Crippen molar-refractivity contribution in [1.82, 2.24) is 9.88 Å². The lowest BCUT2D eigenvalue weighted by Crippen LogP contribution is -2.38. The third-order valence-corrected chi connectivity index (χ3v) is 5.84. The lowest BCUT2D eigenvalue weighted by Gasteiger charge is -2.29. The number of nitrogens with one attached hydrogen (secondary N) is 1. The summed E-state index contributed by atoms with van der Waals surface area (Å²) in [5, 5.41) is 4.37. The van der Waals surface area contributed by atoms with Crippen LogP contribution in [0.25, 0.3) is 0 Å². The molecule has 0 radical (unpaired) electrons. The van der Waals surface area contributed by atoms with Gasteiger partial charge in [0.2, 0.25) is 5.88 Å². The molecular weight excluding hydrogens is 509 g/mol. The number of hydrogen-bond donors (Lipinski definition) is 1. The summed E-state index contributed by atoms with van der Waals surface area (Å²) >= 11 is 2.29. The molecule has 9 heteroatoms. The number of halogens is 1. The Morgan fingerprint density at radius 3 is 2.61 bits per heavy atom. The molecule has 2 fully saturated rings. The van der Waals surface area contributed by atoms with Crippen LogP contribution in [0.15, 0.2) is 41.5 Å². The minimum Gasteiger partial charge on any atom is -0.476 e. The highest BCUT2D eigenvalue weighted by Gasteiger charge is 2.15. The van der Waals surface area contributed by atoms with Gasteiger partial charge in [0.15, 0.2) is 5.82 Å². The van der Waals surface area contributed by atoms with Crippen LogP contribution >= 0.6 is 22.6 Å². The number of morpholine rings is 2. The van der Waals surface area contributed by atoms with E-state index in [4.69, 9.17) is 14.2 Å². The van der Waals surface area contributed by atoms with Crippen molar-refractivity contribution in [3.63, 3.8) is 0 Å². The van der Waals surface area contributed by atoms with E-state index in [0.29, 0.717) is 18.3 Å². The Hall–Kier alpha value is -1.95. The molecule has 0 unspecified atom stereocenters. The monoisotopic (exact) mass is 537 g/mol. The van der Waals surface area contributed by atoms with Gasteiger partial charge in [0.25, 0.3) is 0 Å². The van der Waals surface area contributed by atoms with Crippen LogP contribution in [0, 0.1) is 3.57 Å². The fraction of sp³-hybridized carbons (Fsp3) is 0.455. The summed E-state index contributed by atoms with van der Waals surface area (Å²) in [6, 6.07) is 12.2. The van der Waals surface area contributed by atoms with Crippen molar-refractivity contribution in [3.8, 4) is 5.88 Å². The van der Waals surface area contributed by atoms with E-state index in [-0.39, 0.29) is 0 Å². The van der Waals surface area contributed by atoms with E-state index in [1.807, 2.05) is 24.3 Å². The molecule has 0 amide bonds. The molecule has 2 aliphatic heterocycles. The Bertz CT molecular complexity index is 870. The number of pyridine rings is 1. The van der Waals surface area contributed by atoms with E-state index in [0.717, 1.165) is 70.4 Å². The van der Waals surface area contributed by atoms with E-state index in [1.54, 1.807) is 6.21 Å². The van der Waals surface area contributed by atoms with Gasteiger partial charge in [0, 0.05) is 54.1 Å². The summed E-state index contributed by atoms with van der Waals surface area (Å²) in [5.41, 5.74) is 5.16. The number of rotatable bonds is 8. The second-order valence-corrected chi connectivity index (χ2v) is 8.62. The highest BCUT2D eigenvalue weighted by atomic mass is 127. The van der Waals surface area contributed by atoms with Crippen molar-refractivity contribution in [3.05, 3.63) is 45.5 Å². The highest BCUT2D eigenvalue weighted by Crippen LogP contribution is 2.25. The number of nitrogens with zero attached hydrogens (tertiary/aromatic N) is 4. The van der Waals surface area contributed by atoms with Crippen LogP contribution in [0.4, 0.5) is 11.5 Å². The summed E-state index contributed by atoms with van der Waals surface area (Å²) in [7, 11) is 0. The largest absolute Gasteiger partial charge is 0.476 e. The third kappa shape index (κ3) is 7.03. The molecule has 0 atom stereocenters. The maximum Gasteiger partial charge on any atom is 0.217 e. The first-order valence-corrected chi connectivity index (χ1v) is 11.7. The van der Waals surface area contributed by atoms with E-state index in [2.05, 4.69) is 60.0 Å². The van der Waals surface area contributed by atoms with Gasteiger partial charge in [-0.05, 0) is 40.3 Å². The number of anilines is 2. The van der Waals surface area contributed by atoms with Gasteiger partial charge >= 0.3 is 0 Å². The van der Waals surface area contributed by atoms with Gasteiger partial charge in [-0.15, -0.1) is 0 Å². The van der Waals surface area contributed by atoms with Gasteiger partial charge in [0.1, 0.15) is 6.61 Å². The SMILES string of the molecule is Ic1cccc(/C=N/Nc2cc(N3CCOCC3)cc(OCCN3CCOCC3)n2)c1. The van der Waals surface area contributed by atoms with Crippen LogP contribution in [0.5, 0.6) is 5.88 Å². The van der Waals surface area contributed by atoms with Gasteiger partial charge in [0.05, 0.1) is 32.6 Å². The highest BCUT2D eigenvalue weighted by molar-refractivity contribution is 14.1. The summed E-state index contributed by atoms with van der Waals surface area (Å²) in [5.74, 6) is 1.26. The van der Waals surface area contributed by atoms with Crippen LogP contribution in [-0.2, 0) is 9.47 Å². The molecule has 1 aromatic heterocycles. The van der Waals surface area contributed by atoms with Crippen molar-refractivity contribution in [2.24, 2.45) is 5.10 Å². The van der Waals surface area contributed by atoms with Crippen LogP contribution in [0.2, 0.25) is 0 Å². The molecule has 0 saturated carbocycles. The Labute approximate surface area is 196 Å². The molecule has 1 aromatic carbocycles. The van der Waals surface area contributed by atoms with Gasteiger partial charge in [-0.1, -0.05) is 12.1 Å². The minimum absolute atomic E-state index is 0.588. The lowest BCUT2D eigenvalue weighted by molar-refractivity contribution is 0.0320. The predicted octanol–water partition coefficient (Wildman–Crippen LogP) is 2.68. The molecule has 8 nitrogen and oxygen atoms in total. The Morgan fingerprint density at radius 2 is 1.84 bits per heavy atom. The number of aromatic nitrogens is 1. The average molecular weight is 537 g/mol. The first-order chi connectivity index (χ1) is 15.3. The molecule has 0 bridgehead atoms. The molecule has 3 heterocycles. The summed E-state index contributed by atoms with van der Waals surface area (Å²) < 4.78 is 18.1. The number of hydrogen-bond acceptors (Lipinski definition) is 8. The maximum absolute atomic E-state index is 6.02. The van der Waals surface area contributed by atoms with Crippen LogP contribution < -0.4 is 15.1 Å². The second kappa shape index (κ2) is 11.6. The van der Waals surface area contributed by atoms with Crippen LogP contribution in [0.3, 0.4) is 0 Å². The minimum atomic E-state index is 0.588. The van der Waals surface area contributed by atoms with Crippen molar-refractivity contribution < 1.29 is 14.2 Å². The molecule has 2 aromatic rings. The van der Waals surface area contributed by atoms with Gasteiger partial charge in [-0.3, -0.25) is 10.3 Å². The van der Waals surface area contributed by atoms with Crippen molar-refractivity contribution in [2.75, 3.05) is 76.1 Å². The lowest BCUT2D eigenvalue weighted by atomic mass is 10.2. The predicted molar refractivity (Wildman–Crippen MR) is 130 cm³/mol. The fourth-order valence-corrected chi connectivity index (χ4v) is 4.06.